The highest BCUT2D eigenvalue weighted by atomic mass is 32.1. The van der Waals surface area contributed by atoms with Gasteiger partial charge < -0.3 is 10.6 Å². The van der Waals surface area contributed by atoms with Crippen LogP contribution < -0.4 is 5.73 Å². The van der Waals surface area contributed by atoms with Crippen LogP contribution in [0.4, 0.5) is 0 Å². The van der Waals surface area contributed by atoms with Crippen molar-refractivity contribution in [2.45, 2.75) is 59.8 Å². The second-order valence-corrected chi connectivity index (χ2v) is 7.50. The average Bonchev–Trinajstić information content (AvgIpc) is 2.52. The van der Waals surface area contributed by atoms with Gasteiger partial charge in [-0.3, -0.25) is 4.79 Å². The summed E-state index contributed by atoms with van der Waals surface area (Å²) < 4.78 is 0. The monoisotopic (exact) mass is 298 g/mol. The summed E-state index contributed by atoms with van der Waals surface area (Å²) in [5, 5.41) is 0. The third-order valence-electron chi connectivity index (χ3n) is 4.69. The number of rotatable bonds is 6. The number of carbonyl (C=O) groups excluding carboxylic acids is 1. The first-order valence-corrected chi connectivity index (χ1v) is 8.22. The maximum atomic E-state index is 12.1. The molecule has 0 bridgehead atoms. The largest absolute Gasteiger partial charge is 0.393 e. The summed E-state index contributed by atoms with van der Waals surface area (Å²) in [6.45, 7) is 10.4. The molecule has 3 nitrogen and oxygen atoms in total. The molecule has 1 aliphatic heterocycles. The molecule has 0 saturated carbocycles. The Labute approximate surface area is 129 Å². The molecule has 4 heteroatoms. The summed E-state index contributed by atoms with van der Waals surface area (Å²) >= 11 is 5.09. The van der Waals surface area contributed by atoms with Gasteiger partial charge in [0.25, 0.3) is 0 Å². The number of amides is 1. The van der Waals surface area contributed by atoms with Gasteiger partial charge in [-0.2, -0.15) is 0 Å². The van der Waals surface area contributed by atoms with E-state index in [9.17, 15) is 4.79 Å². The minimum absolute atomic E-state index is 0.106. The van der Waals surface area contributed by atoms with E-state index < -0.39 is 0 Å². The first kappa shape index (κ1) is 17.4. The fraction of sp³-hybridized carbons (Fsp3) is 0.875. The summed E-state index contributed by atoms with van der Waals surface area (Å²) in [7, 11) is 0. The van der Waals surface area contributed by atoms with Gasteiger partial charge in [-0.25, -0.2) is 0 Å². The number of likely N-dealkylation sites (tertiary alicyclic amines) is 1. The fourth-order valence-corrected chi connectivity index (χ4v) is 2.90. The van der Waals surface area contributed by atoms with E-state index in [0.29, 0.717) is 29.2 Å². The molecule has 2 N–H and O–H groups in total. The zero-order chi connectivity index (χ0) is 15.3. The van der Waals surface area contributed by atoms with Crippen molar-refractivity contribution in [2.75, 3.05) is 13.1 Å². The van der Waals surface area contributed by atoms with Gasteiger partial charge in [0.15, 0.2) is 0 Å². The smallest absolute Gasteiger partial charge is 0.222 e. The summed E-state index contributed by atoms with van der Waals surface area (Å²) in [6.07, 6.45) is 4.82. The Morgan fingerprint density at radius 2 is 2.10 bits per heavy atom. The number of thiocarbonyl (C=S) groups is 1. The van der Waals surface area contributed by atoms with Gasteiger partial charge in [-0.1, -0.05) is 39.9 Å². The van der Waals surface area contributed by atoms with E-state index in [-0.39, 0.29) is 5.41 Å². The number of carbonyl (C=O) groups is 1. The van der Waals surface area contributed by atoms with Gasteiger partial charge in [0.1, 0.15) is 0 Å². The van der Waals surface area contributed by atoms with E-state index >= 15 is 0 Å². The number of nitrogens with two attached hydrogens (primary N) is 1. The van der Waals surface area contributed by atoms with Crippen molar-refractivity contribution in [2.24, 2.45) is 23.0 Å². The van der Waals surface area contributed by atoms with E-state index in [2.05, 4.69) is 27.7 Å². The van der Waals surface area contributed by atoms with Crippen molar-refractivity contribution < 1.29 is 4.79 Å². The van der Waals surface area contributed by atoms with E-state index in [1.165, 1.54) is 0 Å². The molecule has 1 saturated heterocycles. The predicted octanol–water partition coefficient (Wildman–Crippen LogP) is 3.36. The minimum Gasteiger partial charge on any atom is -0.393 e. The van der Waals surface area contributed by atoms with Gasteiger partial charge in [0, 0.05) is 24.9 Å². The predicted molar refractivity (Wildman–Crippen MR) is 88.6 cm³/mol. The lowest BCUT2D eigenvalue weighted by atomic mass is 9.88. The van der Waals surface area contributed by atoms with Crippen molar-refractivity contribution in [1.82, 2.24) is 4.90 Å². The molecule has 1 aliphatic rings. The van der Waals surface area contributed by atoms with Crippen LogP contribution in [0.2, 0.25) is 0 Å². The Morgan fingerprint density at radius 3 is 2.65 bits per heavy atom. The standard InChI is InChI=1S/C16H30N2OS/c1-12(2)13-6-7-14(19)18(11-8-13)10-5-9-16(3,4)15(17)20/h12-13H,5-11H2,1-4H3,(H2,17,20). The van der Waals surface area contributed by atoms with Gasteiger partial charge in [-0.05, 0) is 37.5 Å². The Kier molecular flexibility index (Phi) is 6.44. The van der Waals surface area contributed by atoms with Crippen LogP contribution in [0.3, 0.4) is 0 Å². The molecule has 1 rings (SSSR count). The Hall–Kier alpha value is -0.640. The molecular formula is C16H30N2OS. The van der Waals surface area contributed by atoms with Crippen molar-refractivity contribution in [3.05, 3.63) is 0 Å². The fourth-order valence-electron chi connectivity index (χ4n) is 2.80. The van der Waals surface area contributed by atoms with Gasteiger partial charge in [-0.15, -0.1) is 0 Å². The molecule has 0 radical (unpaired) electrons. The molecular weight excluding hydrogens is 268 g/mol. The molecule has 1 heterocycles. The van der Waals surface area contributed by atoms with Gasteiger partial charge >= 0.3 is 0 Å². The SMILES string of the molecule is CC(C)C1CCC(=O)N(CCCC(C)(C)C(N)=S)CC1. The minimum atomic E-state index is -0.106. The van der Waals surface area contributed by atoms with Crippen LogP contribution in [0, 0.1) is 17.3 Å². The third kappa shape index (κ3) is 5.04. The lowest BCUT2D eigenvalue weighted by Crippen LogP contribution is -2.34. The molecule has 0 aromatic heterocycles. The summed E-state index contributed by atoms with van der Waals surface area (Å²) in [5.41, 5.74) is 5.64. The Balaban J connectivity index is 2.43. The Bertz CT molecular complexity index is 352. The lowest BCUT2D eigenvalue weighted by Gasteiger charge is -2.26. The molecule has 1 fully saturated rings. The second-order valence-electron chi connectivity index (χ2n) is 7.06. The van der Waals surface area contributed by atoms with Crippen LogP contribution in [-0.2, 0) is 4.79 Å². The van der Waals surface area contributed by atoms with Crippen molar-refractivity contribution in [3.8, 4) is 0 Å². The molecule has 1 amide bonds. The summed E-state index contributed by atoms with van der Waals surface area (Å²) in [6, 6.07) is 0. The molecule has 0 aromatic rings. The molecule has 1 atom stereocenters. The van der Waals surface area contributed by atoms with Crippen LogP contribution in [0.25, 0.3) is 0 Å². The number of nitrogens with zero attached hydrogens (tertiary/aromatic N) is 1. The highest BCUT2D eigenvalue weighted by Crippen LogP contribution is 2.26. The van der Waals surface area contributed by atoms with Gasteiger partial charge in [0.05, 0.1) is 4.99 Å². The van der Waals surface area contributed by atoms with Crippen LogP contribution >= 0.6 is 12.2 Å². The first-order chi connectivity index (χ1) is 9.24. The van der Waals surface area contributed by atoms with E-state index in [1.807, 2.05) is 4.90 Å². The molecule has 1 unspecified atom stereocenters. The molecule has 20 heavy (non-hydrogen) atoms. The van der Waals surface area contributed by atoms with E-state index in [1.54, 1.807) is 0 Å². The summed E-state index contributed by atoms with van der Waals surface area (Å²) in [4.78, 5) is 14.8. The normalized spacial score (nSPS) is 21.1. The summed E-state index contributed by atoms with van der Waals surface area (Å²) in [5.74, 6) is 1.69. The van der Waals surface area contributed by atoms with Crippen molar-refractivity contribution >= 4 is 23.1 Å². The van der Waals surface area contributed by atoms with Crippen LogP contribution in [0.1, 0.15) is 59.8 Å². The lowest BCUT2D eigenvalue weighted by molar-refractivity contribution is -0.130. The van der Waals surface area contributed by atoms with E-state index in [0.717, 1.165) is 38.8 Å². The molecule has 0 aromatic carbocycles. The quantitative estimate of drug-likeness (QED) is 0.765. The van der Waals surface area contributed by atoms with Crippen LogP contribution in [0.15, 0.2) is 0 Å². The first-order valence-electron chi connectivity index (χ1n) is 7.81. The molecule has 0 spiro atoms. The second kappa shape index (κ2) is 7.39. The molecule has 0 aliphatic carbocycles. The maximum absolute atomic E-state index is 12.1. The van der Waals surface area contributed by atoms with Crippen molar-refractivity contribution in [1.29, 1.82) is 0 Å². The Morgan fingerprint density at radius 1 is 1.45 bits per heavy atom. The third-order valence-corrected chi connectivity index (χ3v) is 5.24. The zero-order valence-electron chi connectivity index (χ0n) is 13.4. The number of hydrogen-bond acceptors (Lipinski definition) is 2. The highest BCUT2D eigenvalue weighted by molar-refractivity contribution is 7.80. The maximum Gasteiger partial charge on any atom is 0.222 e. The average molecular weight is 298 g/mol. The van der Waals surface area contributed by atoms with Crippen molar-refractivity contribution in [3.63, 3.8) is 0 Å². The topological polar surface area (TPSA) is 46.3 Å². The van der Waals surface area contributed by atoms with Crippen LogP contribution in [-0.4, -0.2) is 28.9 Å². The van der Waals surface area contributed by atoms with Gasteiger partial charge in [0.2, 0.25) is 5.91 Å². The van der Waals surface area contributed by atoms with E-state index in [4.69, 9.17) is 18.0 Å². The number of hydrogen-bond donors (Lipinski definition) is 1. The highest BCUT2D eigenvalue weighted by Gasteiger charge is 2.25. The zero-order valence-corrected chi connectivity index (χ0v) is 14.3. The van der Waals surface area contributed by atoms with Crippen LogP contribution in [0.5, 0.6) is 0 Å². The molecule has 116 valence electrons.